The van der Waals surface area contributed by atoms with Gasteiger partial charge >= 0.3 is 0 Å². The smallest absolute Gasteiger partial charge is 0.191 e. The lowest BCUT2D eigenvalue weighted by Crippen LogP contribution is -2.07. The van der Waals surface area contributed by atoms with Crippen LogP contribution in [0.15, 0.2) is 52.4 Å². The molecule has 166 valence electrons. The summed E-state index contributed by atoms with van der Waals surface area (Å²) in [7, 11) is 1.93. The molecule has 1 N–H and O–H groups in total. The summed E-state index contributed by atoms with van der Waals surface area (Å²) >= 11 is 1.54. The lowest BCUT2D eigenvalue weighted by Gasteiger charge is -2.09. The Bertz CT molecular complexity index is 1310. The molecule has 7 heteroatoms. The monoisotopic (exact) mass is 448 g/mol. The van der Waals surface area contributed by atoms with Gasteiger partial charge in [-0.15, -0.1) is 10.2 Å². The normalized spacial score (nSPS) is 11.4. The van der Waals surface area contributed by atoms with Gasteiger partial charge in [-0.05, 0) is 54.7 Å². The van der Waals surface area contributed by atoms with Gasteiger partial charge in [0, 0.05) is 29.9 Å². The molecular formula is C25H28N4O2S. The second kappa shape index (κ2) is 9.20. The fourth-order valence-electron chi connectivity index (χ4n) is 3.53. The van der Waals surface area contributed by atoms with Gasteiger partial charge in [-0.2, -0.15) is 0 Å². The van der Waals surface area contributed by atoms with Crippen LogP contribution in [0.1, 0.15) is 48.0 Å². The predicted molar refractivity (Wildman–Crippen MR) is 129 cm³/mol. The van der Waals surface area contributed by atoms with Crippen LogP contribution in [-0.4, -0.2) is 19.7 Å². The van der Waals surface area contributed by atoms with E-state index >= 15 is 0 Å². The first-order valence-corrected chi connectivity index (χ1v) is 11.7. The summed E-state index contributed by atoms with van der Waals surface area (Å²) in [5.41, 5.74) is 5.36. The fraction of sp³-hybridized carbons (Fsp3) is 0.320. The second-order valence-electron chi connectivity index (χ2n) is 8.35. The Morgan fingerprint density at radius 1 is 1.09 bits per heavy atom. The molecule has 2 aromatic carbocycles. The molecule has 0 aliphatic rings. The molecule has 4 aromatic rings. The standard InChI is InChI=1S/C25H28N4O2S/c1-15(2)18-7-9-20(10-8-18)31-13-23-27-28-25(29(23)5)32-14-19-12-22(30)21-11-6-16(3)17(4)24(21)26-19/h6-12,15H,13-14H2,1-5H3,(H,26,30). The molecule has 0 spiro atoms. The number of aryl methyl sites for hydroxylation is 2. The summed E-state index contributed by atoms with van der Waals surface area (Å²) in [4.78, 5) is 16.0. The van der Waals surface area contributed by atoms with E-state index in [2.05, 4.69) is 48.1 Å². The molecular weight excluding hydrogens is 420 g/mol. The van der Waals surface area contributed by atoms with Crippen molar-refractivity contribution in [3.8, 4) is 5.75 Å². The Morgan fingerprint density at radius 2 is 1.84 bits per heavy atom. The molecule has 0 radical (unpaired) electrons. The minimum Gasteiger partial charge on any atom is -0.486 e. The number of aromatic nitrogens is 4. The van der Waals surface area contributed by atoms with Crippen LogP contribution >= 0.6 is 11.8 Å². The summed E-state index contributed by atoms with van der Waals surface area (Å²) in [5.74, 6) is 2.65. The third-order valence-electron chi connectivity index (χ3n) is 5.79. The SMILES string of the molecule is Cc1ccc2c(=O)cc(CSc3nnc(COc4ccc(C(C)C)cc4)n3C)[nH]c2c1C. The van der Waals surface area contributed by atoms with E-state index in [1.807, 2.05) is 42.8 Å². The minimum atomic E-state index is 0.0352. The third kappa shape index (κ3) is 4.58. The van der Waals surface area contributed by atoms with Gasteiger partial charge in [-0.3, -0.25) is 4.79 Å². The lowest BCUT2D eigenvalue weighted by atomic mass is 10.0. The van der Waals surface area contributed by atoms with Crippen LogP contribution in [0, 0.1) is 13.8 Å². The Hall–Kier alpha value is -3.06. The van der Waals surface area contributed by atoms with Gasteiger partial charge in [0.05, 0.1) is 5.52 Å². The lowest BCUT2D eigenvalue weighted by molar-refractivity contribution is 0.290. The highest BCUT2D eigenvalue weighted by molar-refractivity contribution is 7.98. The van der Waals surface area contributed by atoms with E-state index in [0.29, 0.717) is 18.3 Å². The number of fused-ring (bicyclic) bond motifs is 1. The summed E-state index contributed by atoms with van der Waals surface area (Å²) in [6.07, 6.45) is 0. The summed E-state index contributed by atoms with van der Waals surface area (Å²) in [6.45, 7) is 8.78. The molecule has 2 heterocycles. The zero-order chi connectivity index (χ0) is 22.8. The highest BCUT2D eigenvalue weighted by Gasteiger charge is 2.12. The number of pyridine rings is 1. The van der Waals surface area contributed by atoms with Crippen molar-refractivity contribution in [3.63, 3.8) is 0 Å². The molecule has 0 atom stereocenters. The van der Waals surface area contributed by atoms with Crippen LogP contribution in [0.3, 0.4) is 0 Å². The number of rotatable bonds is 7. The molecule has 0 bridgehead atoms. The number of hydrogen-bond acceptors (Lipinski definition) is 5. The number of thioether (sulfide) groups is 1. The number of aromatic amines is 1. The summed E-state index contributed by atoms with van der Waals surface area (Å²) in [6, 6.07) is 13.7. The van der Waals surface area contributed by atoms with Gasteiger partial charge in [0.15, 0.2) is 16.4 Å². The zero-order valence-corrected chi connectivity index (χ0v) is 19.9. The Labute approximate surface area is 192 Å². The van der Waals surface area contributed by atoms with Gasteiger partial charge in [0.2, 0.25) is 0 Å². The van der Waals surface area contributed by atoms with Gasteiger partial charge in [0.25, 0.3) is 0 Å². The molecule has 4 rings (SSSR count). The molecule has 0 aliphatic heterocycles. The van der Waals surface area contributed by atoms with Gasteiger partial charge in [-0.1, -0.05) is 43.8 Å². The first-order chi connectivity index (χ1) is 15.3. The molecule has 0 unspecified atom stereocenters. The molecule has 32 heavy (non-hydrogen) atoms. The second-order valence-corrected chi connectivity index (χ2v) is 9.29. The average molecular weight is 449 g/mol. The van der Waals surface area contributed by atoms with E-state index < -0.39 is 0 Å². The van der Waals surface area contributed by atoms with E-state index in [-0.39, 0.29) is 5.43 Å². The Kier molecular flexibility index (Phi) is 6.37. The number of H-pyrrole nitrogens is 1. The summed E-state index contributed by atoms with van der Waals surface area (Å²) < 4.78 is 7.82. The average Bonchev–Trinajstić information content (AvgIpc) is 3.13. The highest BCUT2D eigenvalue weighted by Crippen LogP contribution is 2.24. The molecule has 6 nitrogen and oxygen atoms in total. The number of nitrogens with one attached hydrogen (secondary N) is 1. The quantitative estimate of drug-likeness (QED) is 0.390. The Balaban J connectivity index is 1.44. The largest absolute Gasteiger partial charge is 0.486 e. The third-order valence-corrected chi connectivity index (χ3v) is 6.86. The van der Waals surface area contributed by atoms with Gasteiger partial charge in [-0.25, -0.2) is 0 Å². The topological polar surface area (TPSA) is 72.8 Å². The van der Waals surface area contributed by atoms with Crippen molar-refractivity contribution < 1.29 is 4.74 Å². The van der Waals surface area contributed by atoms with E-state index in [0.717, 1.165) is 44.5 Å². The van der Waals surface area contributed by atoms with Crippen molar-refractivity contribution in [1.82, 2.24) is 19.7 Å². The van der Waals surface area contributed by atoms with Crippen molar-refractivity contribution >= 4 is 22.7 Å². The minimum absolute atomic E-state index is 0.0352. The molecule has 0 aliphatic carbocycles. The molecule has 0 saturated heterocycles. The van der Waals surface area contributed by atoms with E-state index in [1.54, 1.807) is 6.07 Å². The molecule has 2 aromatic heterocycles. The highest BCUT2D eigenvalue weighted by atomic mass is 32.2. The maximum absolute atomic E-state index is 12.5. The van der Waals surface area contributed by atoms with Crippen molar-refractivity contribution in [2.75, 3.05) is 0 Å². The maximum atomic E-state index is 12.5. The number of benzene rings is 2. The van der Waals surface area contributed by atoms with Crippen LogP contribution in [0.4, 0.5) is 0 Å². The van der Waals surface area contributed by atoms with Crippen molar-refractivity contribution in [2.45, 2.75) is 51.1 Å². The molecule has 0 fully saturated rings. The fourth-order valence-corrected chi connectivity index (χ4v) is 4.37. The predicted octanol–water partition coefficient (Wildman–Crippen LogP) is 5.27. The van der Waals surface area contributed by atoms with Crippen molar-refractivity contribution in [2.24, 2.45) is 7.05 Å². The van der Waals surface area contributed by atoms with Crippen molar-refractivity contribution in [1.29, 1.82) is 0 Å². The Morgan fingerprint density at radius 3 is 2.56 bits per heavy atom. The van der Waals surface area contributed by atoms with E-state index in [9.17, 15) is 4.79 Å². The van der Waals surface area contributed by atoms with Crippen molar-refractivity contribution in [3.05, 3.63) is 80.9 Å². The first-order valence-electron chi connectivity index (χ1n) is 10.7. The van der Waals surface area contributed by atoms with Crippen LogP contribution < -0.4 is 10.2 Å². The summed E-state index contributed by atoms with van der Waals surface area (Å²) in [5, 5.41) is 10.1. The van der Waals surface area contributed by atoms with Crippen LogP contribution in [0.2, 0.25) is 0 Å². The maximum Gasteiger partial charge on any atom is 0.191 e. The van der Waals surface area contributed by atoms with E-state index in [1.165, 1.54) is 17.3 Å². The van der Waals surface area contributed by atoms with Crippen LogP contribution in [-0.2, 0) is 19.4 Å². The van der Waals surface area contributed by atoms with Crippen LogP contribution in [0.5, 0.6) is 5.75 Å². The van der Waals surface area contributed by atoms with Gasteiger partial charge in [0.1, 0.15) is 12.4 Å². The first kappa shape index (κ1) is 22.1. The number of ether oxygens (including phenoxy) is 1. The number of nitrogens with zero attached hydrogens (tertiary/aromatic N) is 3. The zero-order valence-electron chi connectivity index (χ0n) is 19.1. The molecule has 0 amide bonds. The number of hydrogen-bond donors (Lipinski definition) is 1. The van der Waals surface area contributed by atoms with Crippen LogP contribution in [0.25, 0.3) is 10.9 Å². The van der Waals surface area contributed by atoms with E-state index in [4.69, 9.17) is 4.74 Å². The molecule has 0 saturated carbocycles. The van der Waals surface area contributed by atoms with Gasteiger partial charge < -0.3 is 14.3 Å².